The Bertz CT molecular complexity index is 888. The first kappa shape index (κ1) is 17.9. The number of carbonyl (C=O) groups is 2. The predicted octanol–water partition coefficient (Wildman–Crippen LogP) is 1.44. The zero-order valence-corrected chi connectivity index (χ0v) is 14.5. The van der Waals surface area contributed by atoms with E-state index in [1.807, 2.05) is 0 Å². The molecule has 0 N–H and O–H groups in total. The zero-order valence-electron chi connectivity index (χ0n) is 14.5. The number of aromatic nitrogens is 1. The van der Waals surface area contributed by atoms with Gasteiger partial charge < -0.3 is 19.1 Å². The lowest BCUT2D eigenvalue weighted by molar-refractivity contribution is -0.133. The molecule has 0 bridgehead atoms. The van der Waals surface area contributed by atoms with Crippen molar-refractivity contribution in [1.29, 1.82) is 0 Å². The first-order valence-electron chi connectivity index (χ1n) is 8.48. The molecule has 0 unspecified atom stereocenters. The minimum atomic E-state index is -0.492. The van der Waals surface area contributed by atoms with Gasteiger partial charge in [-0.05, 0) is 25.1 Å². The van der Waals surface area contributed by atoms with Crippen molar-refractivity contribution in [2.75, 3.05) is 32.8 Å². The van der Waals surface area contributed by atoms with Crippen molar-refractivity contribution in [2.24, 2.45) is 0 Å². The Morgan fingerprint density at radius 1 is 1.12 bits per heavy atom. The Hall–Kier alpha value is -2.90. The summed E-state index contributed by atoms with van der Waals surface area (Å²) in [5.41, 5.74) is 0.226. The first-order valence-corrected chi connectivity index (χ1v) is 8.48. The molecule has 8 heteroatoms. The van der Waals surface area contributed by atoms with Gasteiger partial charge in [0.2, 0.25) is 5.91 Å². The van der Waals surface area contributed by atoms with Crippen molar-refractivity contribution in [2.45, 2.75) is 13.5 Å². The Balaban J connectivity index is 1.70. The normalized spacial score (nSPS) is 14.5. The molecule has 0 radical (unpaired) electrons. The highest BCUT2D eigenvalue weighted by molar-refractivity contribution is 5.82. The smallest absolute Gasteiger partial charge is 0.409 e. The van der Waals surface area contributed by atoms with E-state index >= 15 is 0 Å². The second-order valence-electron chi connectivity index (χ2n) is 6.04. The fourth-order valence-electron chi connectivity index (χ4n) is 3.02. The maximum Gasteiger partial charge on any atom is 0.409 e. The number of amides is 2. The fourth-order valence-corrected chi connectivity index (χ4v) is 3.02. The van der Waals surface area contributed by atoms with Gasteiger partial charge in [-0.15, -0.1) is 0 Å². The number of nitrogens with zero attached hydrogens (tertiary/aromatic N) is 3. The summed E-state index contributed by atoms with van der Waals surface area (Å²) in [6, 6.07) is 5.27. The summed E-state index contributed by atoms with van der Waals surface area (Å²) in [6.07, 6.45) is 1.17. The summed E-state index contributed by atoms with van der Waals surface area (Å²) in [5.74, 6) is -0.614. The quantitative estimate of drug-likeness (QED) is 0.829. The van der Waals surface area contributed by atoms with Crippen molar-refractivity contribution in [1.82, 2.24) is 14.4 Å². The number of halogens is 1. The molecular weight excluding hydrogens is 341 g/mol. The average Bonchev–Trinajstić information content (AvgIpc) is 2.64. The highest BCUT2D eigenvalue weighted by atomic mass is 19.1. The SMILES string of the molecule is CCOC(=O)N1CCN(C(=O)Cn2ccc(=O)c3cc(F)ccc32)CC1. The summed E-state index contributed by atoms with van der Waals surface area (Å²) in [6.45, 7) is 3.79. The van der Waals surface area contributed by atoms with Crippen LogP contribution in [0.3, 0.4) is 0 Å². The van der Waals surface area contributed by atoms with Gasteiger partial charge in [0.05, 0.1) is 12.1 Å². The minimum Gasteiger partial charge on any atom is -0.450 e. The van der Waals surface area contributed by atoms with Crippen molar-refractivity contribution >= 4 is 22.9 Å². The van der Waals surface area contributed by atoms with Crippen LogP contribution in [0.4, 0.5) is 9.18 Å². The van der Waals surface area contributed by atoms with E-state index in [1.165, 1.54) is 30.5 Å². The molecule has 26 heavy (non-hydrogen) atoms. The van der Waals surface area contributed by atoms with Gasteiger partial charge >= 0.3 is 6.09 Å². The number of piperazine rings is 1. The average molecular weight is 361 g/mol. The second-order valence-corrected chi connectivity index (χ2v) is 6.04. The molecule has 0 saturated carbocycles. The Labute approximate surface area is 149 Å². The summed E-state index contributed by atoms with van der Waals surface area (Å²) < 4.78 is 20.0. The van der Waals surface area contributed by atoms with Gasteiger partial charge in [0.1, 0.15) is 12.4 Å². The molecule has 3 rings (SSSR count). The lowest BCUT2D eigenvalue weighted by Crippen LogP contribution is -2.51. The summed E-state index contributed by atoms with van der Waals surface area (Å²) in [5, 5.41) is 0.243. The molecule has 1 fully saturated rings. The fraction of sp³-hybridized carbons (Fsp3) is 0.389. The molecule has 1 aromatic heterocycles. The molecule has 1 saturated heterocycles. The lowest BCUT2D eigenvalue weighted by Gasteiger charge is -2.34. The number of hydrogen-bond donors (Lipinski definition) is 0. The van der Waals surface area contributed by atoms with E-state index < -0.39 is 5.82 Å². The van der Waals surface area contributed by atoms with Crippen LogP contribution in [0, 0.1) is 5.82 Å². The Kier molecular flexibility index (Phi) is 5.20. The van der Waals surface area contributed by atoms with E-state index in [0.29, 0.717) is 38.3 Å². The van der Waals surface area contributed by atoms with Gasteiger partial charge in [-0.1, -0.05) is 0 Å². The van der Waals surface area contributed by atoms with Crippen molar-refractivity contribution in [3.63, 3.8) is 0 Å². The molecule has 1 aliphatic rings. The number of benzene rings is 1. The van der Waals surface area contributed by atoms with Crippen LogP contribution in [-0.4, -0.2) is 59.2 Å². The monoisotopic (exact) mass is 361 g/mol. The van der Waals surface area contributed by atoms with Crippen LogP contribution in [-0.2, 0) is 16.1 Å². The largest absolute Gasteiger partial charge is 0.450 e. The third kappa shape index (κ3) is 3.68. The summed E-state index contributed by atoms with van der Waals surface area (Å²) in [4.78, 5) is 39.4. The maximum absolute atomic E-state index is 13.4. The van der Waals surface area contributed by atoms with Crippen LogP contribution in [0.2, 0.25) is 0 Å². The van der Waals surface area contributed by atoms with E-state index in [9.17, 15) is 18.8 Å². The van der Waals surface area contributed by atoms with Gasteiger partial charge in [-0.2, -0.15) is 0 Å². The molecule has 7 nitrogen and oxygen atoms in total. The predicted molar refractivity (Wildman–Crippen MR) is 93.3 cm³/mol. The van der Waals surface area contributed by atoms with E-state index in [4.69, 9.17) is 4.74 Å². The summed E-state index contributed by atoms with van der Waals surface area (Å²) in [7, 11) is 0. The second kappa shape index (κ2) is 7.55. The number of hydrogen-bond acceptors (Lipinski definition) is 4. The van der Waals surface area contributed by atoms with E-state index in [2.05, 4.69) is 0 Å². The van der Waals surface area contributed by atoms with Crippen molar-refractivity contribution in [3.05, 3.63) is 46.5 Å². The Morgan fingerprint density at radius 3 is 2.50 bits per heavy atom. The van der Waals surface area contributed by atoms with Gasteiger partial charge in [0, 0.05) is 43.8 Å². The van der Waals surface area contributed by atoms with Crippen LogP contribution in [0.15, 0.2) is 35.3 Å². The van der Waals surface area contributed by atoms with Crippen LogP contribution < -0.4 is 5.43 Å². The molecule has 2 heterocycles. The molecule has 138 valence electrons. The van der Waals surface area contributed by atoms with Gasteiger partial charge in [0.25, 0.3) is 0 Å². The lowest BCUT2D eigenvalue weighted by atomic mass is 10.2. The summed E-state index contributed by atoms with van der Waals surface area (Å²) >= 11 is 0. The standard InChI is InChI=1S/C18H20FN3O4/c1-2-26-18(25)21-9-7-20(8-10-21)17(24)12-22-6-5-16(23)14-11-13(19)3-4-15(14)22/h3-6,11H,2,7-10,12H2,1H3. The maximum atomic E-state index is 13.4. The van der Waals surface area contributed by atoms with Crippen LogP contribution in [0.5, 0.6) is 0 Å². The number of ether oxygens (including phenoxy) is 1. The number of pyridine rings is 1. The van der Waals surface area contributed by atoms with Crippen LogP contribution in [0.1, 0.15) is 6.92 Å². The van der Waals surface area contributed by atoms with Gasteiger partial charge in [0.15, 0.2) is 5.43 Å². The highest BCUT2D eigenvalue weighted by Crippen LogP contribution is 2.13. The molecule has 0 spiro atoms. The molecule has 1 aliphatic heterocycles. The third-order valence-electron chi connectivity index (χ3n) is 4.40. The molecular formula is C18H20FN3O4. The molecule has 2 aromatic rings. The van der Waals surface area contributed by atoms with Crippen molar-refractivity contribution in [3.8, 4) is 0 Å². The van der Waals surface area contributed by atoms with E-state index in [-0.39, 0.29) is 29.4 Å². The number of rotatable bonds is 3. The third-order valence-corrected chi connectivity index (χ3v) is 4.40. The molecule has 0 aliphatic carbocycles. The number of fused-ring (bicyclic) bond motifs is 1. The highest BCUT2D eigenvalue weighted by Gasteiger charge is 2.25. The van der Waals surface area contributed by atoms with E-state index in [0.717, 1.165) is 0 Å². The minimum absolute atomic E-state index is 0.0435. The molecule has 2 amide bonds. The Morgan fingerprint density at radius 2 is 1.81 bits per heavy atom. The van der Waals surface area contributed by atoms with E-state index in [1.54, 1.807) is 21.3 Å². The number of carbonyl (C=O) groups excluding carboxylic acids is 2. The molecule has 1 aromatic carbocycles. The van der Waals surface area contributed by atoms with Gasteiger partial charge in [-0.25, -0.2) is 9.18 Å². The van der Waals surface area contributed by atoms with Gasteiger partial charge in [-0.3, -0.25) is 9.59 Å². The molecule has 0 atom stereocenters. The first-order chi connectivity index (χ1) is 12.5. The van der Waals surface area contributed by atoms with Crippen LogP contribution in [0.25, 0.3) is 10.9 Å². The van der Waals surface area contributed by atoms with Crippen molar-refractivity contribution < 1.29 is 18.7 Å². The van der Waals surface area contributed by atoms with Crippen LogP contribution >= 0.6 is 0 Å². The zero-order chi connectivity index (χ0) is 18.7. The topological polar surface area (TPSA) is 71.8 Å².